The monoisotopic (exact) mass is 361 g/mol. The van der Waals surface area contributed by atoms with Crippen LogP contribution in [-0.4, -0.2) is 26.0 Å². The number of carboxylic acid groups (broad SMARTS) is 1. The van der Waals surface area contributed by atoms with Crippen molar-refractivity contribution in [2.75, 3.05) is 6.54 Å². The molecule has 0 unspecified atom stereocenters. The summed E-state index contributed by atoms with van der Waals surface area (Å²) in [6.07, 6.45) is 0. The van der Waals surface area contributed by atoms with Crippen LogP contribution in [0.5, 0.6) is 0 Å². The van der Waals surface area contributed by atoms with Crippen molar-refractivity contribution < 1.29 is 18.3 Å². The van der Waals surface area contributed by atoms with Gasteiger partial charge in [0.15, 0.2) is 0 Å². The van der Waals surface area contributed by atoms with Crippen LogP contribution < -0.4 is 4.72 Å². The first-order chi connectivity index (χ1) is 7.74. The SMILES string of the molecule is O=C(O)CNS(=O)(=O)c1c(Cl)cc(Br)cc1Cl. The molecule has 5 nitrogen and oxygen atoms in total. The van der Waals surface area contributed by atoms with Gasteiger partial charge in [-0.05, 0) is 12.1 Å². The third-order valence-electron chi connectivity index (χ3n) is 1.65. The van der Waals surface area contributed by atoms with Gasteiger partial charge in [-0.25, -0.2) is 8.42 Å². The van der Waals surface area contributed by atoms with Crippen LogP contribution in [0.25, 0.3) is 0 Å². The molecule has 0 fully saturated rings. The molecule has 0 aromatic heterocycles. The predicted molar refractivity (Wildman–Crippen MR) is 67.0 cm³/mol. The molecule has 0 heterocycles. The van der Waals surface area contributed by atoms with Gasteiger partial charge in [-0.15, -0.1) is 0 Å². The molecule has 0 amide bonds. The Balaban J connectivity index is 3.20. The number of carboxylic acids is 1. The normalized spacial score (nSPS) is 11.5. The van der Waals surface area contributed by atoms with Gasteiger partial charge in [0.1, 0.15) is 11.4 Å². The topological polar surface area (TPSA) is 83.5 Å². The van der Waals surface area contributed by atoms with Crippen molar-refractivity contribution in [1.82, 2.24) is 4.72 Å². The molecule has 1 aromatic carbocycles. The molecular formula is C8H6BrCl2NO4S. The van der Waals surface area contributed by atoms with Gasteiger partial charge in [-0.2, -0.15) is 4.72 Å². The lowest BCUT2D eigenvalue weighted by atomic mass is 10.4. The maximum atomic E-state index is 11.7. The van der Waals surface area contributed by atoms with E-state index in [1.807, 2.05) is 4.72 Å². The third kappa shape index (κ3) is 3.82. The molecule has 0 spiro atoms. The van der Waals surface area contributed by atoms with Crippen molar-refractivity contribution in [2.24, 2.45) is 0 Å². The maximum absolute atomic E-state index is 11.7. The van der Waals surface area contributed by atoms with E-state index in [0.717, 1.165) is 0 Å². The van der Waals surface area contributed by atoms with Crippen LogP contribution in [0.3, 0.4) is 0 Å². The van der Waals surface area contributed by atoms with E-state index in [0.29, 0.717) is 4.47 Å². The number of hydrogen-bond acceptors (Lipinski definition) is 3. The Bertz CT molecular complexity index is 538. The standard InChI is InChI=1S/C8H6BrCl2NO4S/c9-4-1-5(10)8(6(11)2-4)17(15,16)12-3-7(13)14/h1-2,12H,3H2,(H,13,14). The summed E-state index contributed by atoms with van der Waals surface area (Å²) >= 11 is 14.6. The van der Waals surface area contributed by atoms with Crippen LogP contribution in [0, 0.1) is 0 Å². The van der Waals surface area contributed by atoms with Crippen LogP contribution in [-0.2, 0) is 14.8 Å². The zero-order valence-corrected chi connectivity index (χ0v) is 12.0. The molecule has 17 heavy (non-hydrogen) atoms. The zero-order valence-electron chi connectivity index (χ0n) is 8.08. The number of aliphatic carboxylic acids is 1. The average molecular weight is 363 g/mol. The summed E-state index contributed by atoms with van der Waals surface area (Å²) in [5.41, 5.74) is 0. The molecule has 0 aliphatic carbocycles. The minimum Gasteiger partial charge on any atom is -0.480 e. The van der Waals surface area contributed by atoms with Gasteiger partial charge >= 0.3 is 5.97 Å². The van der Waals surface area contributed by atoms with E-state index in [1.165, 1.54) is 12.1 Å². The minimum atomic E-state index is -4.05. The Morgan fingerprint density at radius 2 is 1.82 bits per heavy atom. The van der Waals surface area contributed by atoms with E-state index in [-0.39, 0.29) is 14.9 Å². The highest BCUT2D eigenvalue weighted by Gasteiger charge is 2.22. The summed E-state index contributed by atoms with van der Waals surface area (Å²) < 4.78 is 25.8. The van der Waals surface area contributed by atoms with Gasteiger partial charge in [0.2, 0.25) is 10.0 Å². The summed E-state index contributed by atoms with van der Waals surface area (Å²) in [4.78, 5) is 9.96. The second-order valence-corrected chi connectivity index (χ2v) is 6.35. The first-order valence-corrected chi connectivity index (χ1v) is 7.13. The lowest BCUT2D eigenvalue weighted by Crippen LogP contribution is -2.29. The van der Waals surface area contributed by atoms with E-state index < -0.39 is 22.5 Å². The Morgan fingerprint density at radius 3 is 2.24 bits per heavy atom. The van der Waals surface area contributed by atoms with Gasteiger partial charge in [0.25, 0.3) is 0 Å². The highest BCUT2D eigenvalue weighted by molar-refractivity contribution is 9.10. The van der Waals surface area contributed by atoms with Gasteiger partial charge in [0.05, 0.1) is 10.0 Å². The lowest BCUT2D eigenvalue weighted by Gasteiger charge is -2.09. The van der Waals surface area contributed by atoms with Crippen molar-refractivity contribution in [3.63, 3.8) is 0 Å². The highest BCUT2D eigenvalue weighted by Crippen LogP contribution is 2.32. The molecule has 0 bridgehead atoms. The highest BCUT2D eigenvalue weighted by atomic mass is 79.9. The van der Waals surface area contributed by atoms with E-state index >= 15 is 0 Å². The Kier molecular flexibility index (Phi) is 4.79. The van der Waals surface area contributed by atoms with Gasteiger partial charge < -0.3 is 5.11 Å². The molecule has 0 radical (unpaired) electrons. The Hall–Kier alpha value is -0.340. The fourth-order valence-corrected chi connectivity index (χ4v) is 3.92. The van der Waals surface area contributed by atoms with Crippen molar-refractivity contribution in [1.29, 1.82) is 0 Å². The van der Waals surface area contributed by atoms with E-state index in [1.54, 1.807) is 0 Å². The molecule has 9 heteroatoms. The molecule has 0 atom stereocenters. The van der Waals surface area contributed by atoms with E-state index in [9.17, 15) is 13.2 Å². The molecular weight excluding hydrogens is 357 g/mol. The van der Waals surface area contributed by atoms with Gasteiger partial charge in [-0.1, -0.05) is 39.1 Å². The van der Waals surface area contributed by atoms with Crippen LogP contribution in [0.2, 0.25) is 10.0 Å². The minimum absolute atomic E-state index is 0.0951. The summed E-state index contributed by atoms with van der Waals surface area (Å²) in [6, 6.07) is 2.70. The number of halogens is 3. The average Bonchev–Trinajstić information content (AvgIpc) is 2.12. The molecule has 2 N–H and O–H groups in total. The van der Waals surface area contributed by atoms with Gasteiger partial charge in [-0.3, -0.25) is 4.79 Å². The molecule has 0 aliphatic heterocycles. The molecule has 94 valence electrons. The zero-order chi connectivity index (χ0) is 13.2. The number of hydrogen-bond donors (Lipinski definition) is 2. The molecule has 1 aromatic rings. The largest absolute Gasteiger partial charge is 0.480 e. The molecule has 0 saturated heterocycles. The smallest absolute Gasteiger partial charge is 0.318 e. The van der Waals surface area contributed by atoms with Crippen LogP contribution in [0.4, 0.5) is 0 Å². The maximum Gasteiger partial charge on any atom is 0.318 e. The van der Waals surface area contributed by atoms with Crippen molar-refractivity contribution in [3.05, 3.63) is 26.7 Å². The van der Waals surface area contributed by atoms with Crippen molar-refractivity contribution in [3.8, 4) is 0 Å². The van der Waals surface area contributed by atoms with E-state index in [4.69, 9.17) is 28.3 Å². The fourth-order valence-electron chi connectivity index (χ4n) is 1.01. The first-order valence-electron chi connectivity index (χ1n) is 4.10. The molecule has 1 rings (SSSR count). The number of sulfonamides is 1. The third-order valence-corrected chi connectivity index (χ3v) is 4.42. The second-order valence-electron chi connectivity index (χ2n) is 2.92. The summed E-state index contributed by atoms with van der Waals surface area (Å²) in [5, 5.41) is 8.22. The summed E-state index contributed by atoms with van der Waals surface area (Å²) in [6.45, 7) is -0.745. The molecule has 0 aliphatic rings. The number of rotatable bonds is 4. The van der Waals surface area contributed by atoms with Crippen LogP contribution >= 0.6 is 39.1 Å². The second kappa shape index (κ2) is 5.53. The van der Waals surface area contributed by atoms with Crippen molar-refractivity contribution >= 4 is 55.1 Å². The fraction of sp³-hybridized carbons (Fsp3) is 0.125. The van der Waals surface area contributed by atoms with Crippen LogP contribution in [0.15, 0.2) is 21.5 Å². The lowest BCUT2D eigenvalue weighted by molar-refractivity contribution is -0.135. The Morgan fingerprint density at radius 1 is 1.35 bits per heavy atom. The summed E-state index contributed by atoms with van der Waals surface area (Å²) in [7, 11) is -4.05. The molecule has 0 saturated carbocycles. The van der Waals surface area contributed by atoms with E-state index in [2.05, 4.69) is 15.9 Å². The first kappa shape index (κ1) is 14.7. The predicted octanol–water partition coefficient (Wildman–Crippen LogP) is 2.12. The van der Waals surface area contributed by atoms with Crippen LogP contribution in [0.1, 0.15) is 0 Å². The Labute approximate surface area is 116 Å². The number of carbonyl (C=O) groups is 1. The number of benzene rings is 1. The quantitative estimate of drug-likeness (QED) is 0.859. The van der Waals surface area contributed by atoms with Gasteiger partial charge in [0, 0.05) is 4.47 Å². The summed E-state index contributed by atoms with van der Waals surface area (Å²) in [5.74, 6) is -1.31. The number of nitrogens with one attached hydrogen (secondary N) is 1. The van der Waals surface area contributed by atoms with Crippen molar-refractivity contribution in [2.45, 2.75) is 4.90 Å².